The lowest BCUT2D eigenvalue weighted by Gasteiger charge is -2.14. The lowest BCUT2D eigenvalue weighted by Crippen LogP contribution is -2.32. The van der Waals surface area contributed by atoms with E-state index in [1.165, 1.54) is 0 Å². The number of rotatable bonds is 3. The van der Waals surface area contributed by atoms with E-state index in [4.69, 9.17) is 0 Å². The summed E-state index contributed by atoms with van der Waals surface area (Å²) in [5.74, 6) is -1.87. The molecule has 0 aromatic heterocycles. The van der Waals surface area contributed by atoms with Crippen LogP contribution in [0.5, 0.6) is 0 Å². The van der Waals surface area contributed by atoms with Crippen molar-refractivity contribution in [3.63, 3.8) is 0 Å². The Morgan fingerprint density at radius 3 is 2.63 bits per heavy atom. The van der Waals surface area contributed by atoms with Gasteiger partial charge < -0.3 is 5.32 Å². The Labute approximate surface area is 109 Å². The number of amides is 3. The average Bonchev–Trinajstić information content (AvgIpc) is 2.57. The summed E-state index contributed by atoms with van der Waals surface area (Å²) in [4.78, 5) is 24.5. The van der Waals surface area contributed by atoms with Crippen molar-refractivity contribution in [3.05, 3.63) is 29.8 Å². The molecule has 1 unspecified atom stereocenters. The second-order valence-electron chi connectivity index (χ2n) is 4.90. The zero-order valence-corrected chi connectivity index (χ0v) is 10.6. The van der Waals surface area contributed by atoms with Crippen LogP contribution >= 0.6 is 0 Å². The zero-order chi connectivity index (χ0) is 14.2. The molecule has 1 N–H and O–H groups in total. The fourth-order valence-electron chi connectivity index (χ4n) is 2.05. The molecule has 102 valence electrons. The molecule has 0 spiro atoms. The van der Waals surface area contributed by atoms with Crippen molar-refractivity contribution in [2.24, 2.45) is 5.92 Å². The summed E-state index contributed by atoms with van der Waals surface area (Å²) in [7, 11) is 0. The molecular weight excluding hydrogens is 254 g/mol. The molecular formula is C13H14F2N2O2. The molecule has 1 aromatic carbocycles. The molecule has 0 saturated carbocycles. The number of carbonyl (C=O) groups is 2. The molecule has 6 heteroatoms. The molecule has 1 fully saturated rings. The van der Waals surface area contributed by atoms with Crippen LogP contribution in [0.3, 0.4) is 0 Å². The number of halogens is 2. The van der Waals surface area contributed by atoms with E-state index in [1.807, 2.05) is 13.8 Å². The zero-order valence-electron chi connectivity index (χ0n) is 10.6. The third kappa shape index (κ3) is 2.57. The first-order valence-corrected chi connectivity index (χ1v) is 5.99. The normalized spacial score (nSPS) is 19.2. The number of carbonyl (C=O) groups excluding carboxylic acids is 2. The molecule has 19 heavy (non-hydrogen) atoms. The van der Waals surface area contributed by atoms with Gasteiger partial charge in [0.25, 0.3) is 5.91 Å². The van der Waals surface area contributed by atoms with Gasteiger partial charge in [-0.05, 0) is 24.5 Å². The third-order valence-electron chi connectivity index (χ3n) is 2.88. The van der Waals surface area contributed by atoms with Crippen LogP contribution in [0.25, 0.3) is 0 Å². The van der Waals surface area contributed by atoms with Crippen molar-refractivity contribution in [1.82, 2.24) is 5.32 Å². The molecule has 0 aliphatic carbocycles. The SMILES string of the molecule is CC(C)CC1NC(=O)N(c2cc(F)ccc2F)C1=O. The van der Waals surface area contributed by atoms with Crippen molar-refractivity contribution in [2.75, 3.05) is 4.90 Å². The molecule has 0 bridgehead atoms. The number of imide groups is 1. The summed E-state index contributed by atoms with van der Waals surface area (Å²) in [6.07, 6.45) is 0.456. The minimum absolute atomic E-state index is 0.201. The standard InChI is InChI=1S/C13H14F2N2O2/c1-7(2)5-10-12(18)17(13(19)16-10)11-6-8(14)3-4-9(11)15/h3-4,6-7,10H,5H2,1-2H3,(H,16,19). The van der Waals surface area contributed by atoms with Crippen molar-refractivity contribution in [2.45, 2.75) is 26.3 Å². The molecule has 1 aromatic rings. The van der Waals surface area contributed by atoms with E-state index in [0.29, 0.717) is 11.3 Å². The van der Waals surface area contributed by atoms with E-state index < -0.39 is 29.6 Å². The highest BCUT2D eigenvalue weighted by Crippen LogP contribution is 2.25. The van der Waals surface area contributed by atoms with Crippen LogP contribution < -0.4 is 10.2 Å². The summed E-state index contributed by atoms with van der Waals surface area (Å²) in [5.41, 5.74) is -0.353. The summed E-state index contributed by atoms with van der Waals surface area (Å²) in [6, 6.07) is 1.25. The van der Waals surface area contributed by atoms with Gasteiger partial charge in [-0.15, -0.1) is 0 Å². The van der Waals surface area contributed by atoms with Crippen molar-refractivity contribution >= 4 is 17.6 Å². The third-order valence-corrected chi connectivity index (χ3v) is 2.88. The first-order valence-electron chi connectivity index (χ1n) is 5.99. The highest BCUT2D eigenvalue weighted by Gasteiger charge is 2.40. The van der Waals surface area contributed by atoms with E-state index in [1.54, 1.807) is 0 Å². The second-order valence-corrected chi connectivity index (χ2v) is 4.90. The number of urea groups is 1. The van der Waals surface area contributed by atoms with Crippen molar-refractivity contribution in [3.8, 4) is 0 Å². The van der Waals surface area contributed by atoms with Crippen LogP contribution in [-0.2, 0) is 4.79 Å². The molecule has 0 radical (unpaired) electrons. The van der Waals surface area contributed by atoms with Gasteiger partial charge in [-0.1, -0.05) is 13.8 Å². The number of hydrogen-bond acceptors (Lipinski definition) is 2. The molecule has 3 amide bonds. The maximum Gasteiger partial charge on any atom is 0.329 e. The summed E-state index contributed by atoms with van der Waals surface area (Å²) < 4.78 is 26.7. The largest absolute Gasteiger partial charge is 0.329 e. The van der Waals surface area contributed by atoms with Crippen molar-refractivity contribution in [1.29, 1.82) is 0 Å². The topological polar surface area (TPSA) is 49.4 Å². The lowest BCUT2D eigenvalue weighted by atomic mass is 10.0. The van der Waals surface area contributed by atoms with Crippen LogP contribution in [0.1, 0.15) is 20.3 Å². The Hall–Kier alpha value is -1.98. The Balaban J connectivity index is 2.32. The number of anilines is 1. The summed E-state index contributed by atoms with van der Waals surface area (Å²) >= 11 is 0. The van der Waals surface area contributed by atoms with Crippen molar-refractivity contribution < 1.29 is 18.4 Å². The minimum Gasteiger partial charge on any atom is -0.325 e. The van der Waals surface area contributed by atoms with Crippen LogP contribution in [-0.4, -0.2) is 18.0 Å². The predicted octanol–water partition coefficient (Wildman–Crippen LogP) is 2.44. The lowest BCUT2D eigenvalue weighted by molar-refractivity contribution is -0.118. The van der Waals surface area contributed by atoms with Crippen LogP contribution in [0.4, 0.5) is 19.3 Å². The molecule has 2 rings (SSSR count). The van der Waals surface area contributed by atoms with Gasteiger partial charge in [0.1, 0.15) is 17.7 Å². The van der Waals surface area contributed by atoms with Gasteiger partial charge in [-0.2, -0.15) is 0 Å². The number of benzene rings is 1. The van der Waals surface area contributed by atoms with Gasteiger partial charge in [0, 0.05) is 6.07 Å². The van der Waals surface area contributed by atoms with E-state index in [9.17, 15) is 18.4 Å². The Kier molecular flexibility index (Phi) is 3.50. The van der Waals surface area contributed by atoms with Crippen LogP contribution in [0.15, 0.2) is 18.2 Å². The van der Waals surface area contributed by atoms with Gasteiger partial charge in [0.15, 0.2) is 0 Å². The fraction of sp³-hybridized carbons (Fsp3) is 0.385. The Morgan fingerprint density at radius 2 is 2.00 bits per heavy atom. The highest BCUT2D eigenvalue weighted by molar-refractivity contribution is 6.21. The van der Waals surface area contributed by atoms with E-state index in [2.05, 4.69) is 5.32 Å². The maximum atomic E-state index is 13.6. The number of nitrogens with one attached hydrogen (secondary N) is 1. The van der Waals surface area contributed by atoms with Crippen LogP contribution in [0.2, 0.25) is 0 Å². The molecule has 1 heterocycles. The number of nitrogens with zero attached hydrogens (tertiary/aromatic N) is 1. The first kappa shape index (κ1) is 13.5. The average molecular weight is 268 g/mol. The second kappa shape index (κ2) is 4.95. The molecule has 1 aliphatic rings. The monoisotopic (exact) mass is 268 g/mol. The fourth-order valence-corrected chi connectivity index (χ4v) is 2.05. The Morgan fingerprint density at radius 1 is 1.32 bits per heavy atom. The summed E-state index contributed by atoms with van der Waals surface area (Å²) in [6.45, 7) is 3.82. The quantitative estimate of drug-likeness (QED) is 0.856. The highest BCUT2D eigenvalue weighted by atomic mass is 19.1. The minimum atomic E-state index is -0.810. The first-order chi connectivity index (χ1) is 8.90. The molecule has 1 atom stereocenters. The van der Waals surface area contributed by atoms with Gasteiger partial charge in [-0.3, -0.25) is 4.79 Å². The molecule has 1 saturated heterocycles. The van der Waals surface area contributed by atoms with Gasteiger partial charge in [0.05, 0.1) is 5.69 Å². The number of hydrogen-bond donors (Lipinski definition) is 1. The molecule has 1 aliphatic heterocycles. The predicted molar refractivity (Wildman–Crippen MR) is 65.6 cm³/mol. The van der Waals surface area contributed by atoms with E-state index >= 15 is 0 Å². The Bertz CT molecular complexity index is 531. The van der Waals surface area contributed by atoms with Gasteiger partial charge in [0.2, 0.25) is 0 Å². The van der Waals surface area contributed by atoms with E-state index in [-0.39, 0.29) is 11.6 Å². The smallest absolute Gasteiger partial charge is 0.325 e. The van der Waals surface area contributed by atoms with Crippen LogP contribution in [0, 0.1) is 17.6 Å². The summed E-state index contributed by atoms with van der Waals surface area (Å²) in [5, 5.41) is 2.48. The van der Waals surface area contributed by atoms with E-state index in [0.717, 1.165) is 18.2 Å². The molecule has 4 nitrogen and oxygen atoms in total. The van der Waals surface area contributed by atoms with Gasteiger partial charge >= 0.3 is 6.03 Å². The maximum absolute atomic E-state index is 13.6. The van der Waals surface area contributed by atoms with Gasteiger partial charge in [-0.25, -0.2) is 18.5 Å².